The molecule has 1 aliphatic carbocycles. The molecule has 1 heterocycles. The van der Waals surface area contributed by atoms with E-state index in [9.17, 15) is 4.79 Å². The summed E-state index contributed by atoms with van der Waals surface area (Å²) < 4.78 is 2.27. The van der Waals surface area contributed by atoms with Crippen LogP contribution in [-0.4, -0.2) is 10.5 Å². The molecule has 1 fully saturated rings. The standard InChI is InChI=1S/C21H28N2OS/c1-13-8-7-9-14(2)17(13)19(24)22-20-23(12-16-10-11-16)15(3)18(25-20)21(4,5)6/h7-9,16H,10-12H2,1-6H3. The van der Waals surface area contributed by atoms with Crippen molar-refractivity contribution in [2.24, 2.45) is 10.9 Å². The fourth-order valence-electron chi connectivity index (χ4n) is 3.33. The fraction of sp³-hybridized carbons (Fsp3) is 0.524. The van der Waals surface area contributed by atoms with Gasteiger partial charge in [0, 0.05) is 22.7 Å². The highest BCUT2D eigenvalue weighted by molar-refractivity contribution is 7.09. The zero-order valence-corrected chi connectivity index (χ0v) is 17.0. The van der Waals surface area contributed by atoms with E-state index in [1.807, 2.05) is 32.0 Å². The molecule has 3 nitrogen and oxygen atoms in total. The molecular weight excluding hydrogens is 328 g/mol. The number of rotatable bonds is 3. The Morgan fingerprint density at radius 3 is 2.32 bits per heavy atom. The Bertz CT molecular complexity index is 856. The topological polar surface area (TPSA) is 34.4 Å². The van der Waals surface area contributed by atoms with Crippen molar-refractivity contribution in [2.45, 2.75) is 66.3 Å². The zero-order chi connectivity index (χ0) is 18.4. The molecule has 2 aromatic rings. The average Bonchev–Trinajstić information content (AvgIpc) is 3.25. The second-order valence-electron chi connectivity index (χ2n) is 8.29. The first-order chi connectivity index (χ1) is 11.7. The highest BCUT2D eigenvalue weighted by Gasteiger charge is 2.27. The van der Waals surface area contributed by atoms with Crippen molar-refractivity contribution < 1.29 is 4.79 Å². The maximum absolute atomic E-state index is 12.9. The van der Waals surface area contributed by atoms with Gasteiger partial charge in [0.1, 0.15) is 0 Å². The first kappa shape index (κ1) is 18.1. The number of benzene rings is 1. The van der Waals surface area contributed by atoms with Crippen molar-refractivity contribution in [2.75, 3.05) is 0 Å². The Balaban J connectivity index is 2.11. The third kappa shape index (κ3) is 3.79. The maximum atomic E-state index is 12.9. The van der Waals surface area contributed by atoms with Crippen LogP contribution in [0.5, 0.6) is 0 Å². The van der Waals surface area contributed by atoms with E-state index in [1.54, 1.807) is 11.3 Å². The molecule has 0 spiro atoms. The van der Waals surface area contributed by atoms with Crippen molar-refractivity contribution in [3.8, 4) is 0 Å². The quantitative estimate of drug-likeness (QED) is 0.768. The monoisotopic (exact) mass is 356 g/mol. The summed E-state index contributed by atoms with van der Waals surface area (Å²) in [6.45, 7) is 13.8. The first-order valence-corrected chi connectivity index (χ1v) is 9.86. The number of hydrogen-bond donors (Lipinski definition) is 0. The molecule has 134 valence electrons. The minimum absolute atomic E-state index is 0.0649. The van der Waals surface area contributed by atoms with Gasteiger partial charge < -0.3 is 4.57 Å². The smallest absolute Gasteiger partial charge is 0.280 e. The Hall–Kier alpha value is -1.68. The van der Waals surface area contributed by atoms with Gasteiger partial charge in [-0.05, 0) is 56.1 Å². The van der Waals surface area contributed by atoms with E-state index < -0.39 is 0 Å². The van der Waals surface area contributed by atoms with E-state index >= 15 is 0 Å². The molecule has 0 N–H and O–H groups in total. The largest absolute Gasteiger partial charge is 0.320 e. The van der Waals surface area contributed by atoms with Gasteiger partial charge in [-0.2, -0.15) is 4.99 Å². The van der Waals surface area contributed by atoms with Crippen LogP contribution in [0.1, 0.15) is 65.7 Å². The van der Waals surface area contributed by atoms with E-state index in [4.69, 9.17) is 0 Å². The summed E-state index contributed by atoms with van der Waals surface area (Å²) in [5.74, 6) is 0.622. The van der Waals surface area contributed by atoms with Gasteiger partial charge >= 0.3 is 0 Å². The number of carbonyl (C=O) groups excluding carboxylic acids is 1. The summed E-state index contributed by atoms with van der Waals surface area (Å²) in [6.07, 6.45) is 2.58. The molecule has 25 heavy (non-hydrogen) atoms. The lowest BCUT2D eigenvalue weighted by atomic mass is 9.93. The third-order valence-electron chi connectivity index (χ3n) is 4.87. The highest BCUT2D eigenvalue weighted by atomic mass is 32.1. The summed E-state index contributed by atoms with van der Waals surface area (Å²) in [4.78, 5) is 19.6. The number of aryl methyl sites for hydroxylation is 2. The predicted octanol–water partition coefficient (Wildman–Crippen LogP) is 4.92. The molecule has 0 radical (unpaired) electrons. The van der Waals surface area contributed by atoms with E-state index in [1.165, 1.54) is 23.4 Å². The molecule has 1 aromatic carbocycles. The van der Waals surface area contributed by atoms with Crippen LogP contribution in [0, 0.1) is 26.7 Å². The predicted molar refractivity (Wildman–Crippen MR) is 104 cm³/mol. The lowest BCUT2D eigenvalue weighted by Gasteiger charge is -2.17. The zero-order valence-electron chi connectivity index (χ0n) is 16.1. The molecule has 1 aromatic heterocycles. The molecule has 0 unspecified atom stereocenters. The van der Waals surface area contributed by atoms with E-state index in [2.05, 4.69) is 37.3 Å². The maximum Gasteiger partial charge on any atom is 0.280 e. The van der Waals surface area contributed by atoms with Crippen LogP contribution in [0.4, 0.5) is 0 Å². The van der Waals surface area contributed by atoms with Gasteiger partial charge in [-0.1, -0.05) is 39.0 Å². The van der Waals surface area contributed by atoms with Gasteiger partial charge in [-0.25, -0.2) is 0 Å². The molecule has 4 heteroatoms. The van der Waals surface area contributed by atoms with E-state index in [0.717, 1.165) is 34.0 Å². The molecule has 1 amide bonds. The lowest BCUT2D eigenvalue weighted by Crippen LogP contribution is -2.20. The highest BCUT2D eigenvalue weighted by Crippen LogP contribution is 2.33. The fourth-order valence-corrected chi connectivity index (χ4v) is 4.53. The first-order valence-electron chi connectivity index (χ1n) is 9.04. The van der Waals surface area contributed by atoms with Gasteiger partial charge in [-0.3, -0.25) is 4.79 Å². The second kappa shape index (κ2) is 6.56. The summed E-state index contributed by atoms with van der Waals surface area (Å²) >= 11 is 1.67. The Morgan fingerprint density at radius 1 is 1.20 bits per heavy atom. The van der Waals surface area contributed by atoms with Crippen LogP contribution in [0.3, 0.4) is 0 Å². The van der Waals surface area contributed by atoms with Crippen molar-refractivity contribution in [1.82, 2.24) is 4.57 Å². The third-order valence-corrected chi connectivity index (χ3v) is 6.47. The number of thiazole rings is 1. The van der Waals surface area contributed by atoms with Gasteiger partial charge in [0.25, 0.3) is 5.91 Å². The van der Waals surface area contributed by atoms with Crippen LogP contribution in [-0.2, 0) is 12.0 Å². The van der Waals surface area contributed by atoms with Crippen LogP contribution in [0.15, 0.2) is 23.2 Å². The number of hydrogen-bond acceptors (Lipinski definition) is 2. The summed E-state index contributed by atoms with van der Waals surface area (Å²) in [5, 5.41) is 0. The van der Waals surface area contributed by atoms with Gasteiger partial charge in [-0.15, -0.1) is 11.3 Å². The van der Waals surface area contributed by atoms with Crippen molar-refractivity contribution in [3.63, 3.8) is 0 Å². The molecule has 0 saturated heterocycles. The number of amides is 1. The van der Waals surface area contributed by atoms with Crippen LogP contribution >= 0.6 is 11.3 Å². The van der Waals surface area contributed by atoms with Crippen molar-refractivity contribution in [3.05, 3.63) is 50.3 Å². The second-order valence-corrected chi connectivity index (χ2v) is 9.26. The Kier molecular flexibility index (Phi) is 4.76. The Labute approximate surface area is 154 Å². The minimum atomic E-state index is -0.123. The summed E-state index contributed by atoms with van der Waals surface area (Å²) in [6, 6.07) is 5.95. The molecule has 1 saturated carbocycles. The van der Waals surface area contributed by atoms with E-state index in [-0.39, 0.29) is 11.3 Å². The SMILES string of the molecule is Cc1cccc(C)c1C(=O)N=c1sc(C(C)(C)C)c(C)n1CC1CC1. The molecule has 0 bridgehead atoms. The minimum Gasteiger partial charge on any atom is -0.320 e. The molecule has 0 atom stereocenters. The van der Waals surface area contributed by atoms with Gasteiger partial charge in [0.15, 0.2) is 4.80 Å². The van der Waals surface area contributed by atoms with Gasteiger partial charge in [0.2, 0.25) is 0 Å². The van der Waals surface area contributed by atoms with Gasteiger partial charge in [0.05, 0.1) is 0 Å². The number of nitrogens with zero attached hydrogens (tertiary/aromatic N) is 2. The van der Waals surface area contributed by atoms with Crippen LogP contribution in [0.2, 0.25) is 0 Å². The summed E-state index contributed by atoms with van der Waals surface area (Å²) in [7, 11) is 0. The molecule has 3 rings (SSSR count). The lowest BCUT2D eigenvalue weighted by molar-refractivity contribution is 0.0996. The molecular formula is C21H28N2OS. The van der Waals surface area contributed by atoms with Crippen LogP contribution < -0.4 is 4.80 Å². The Morgan fingerprint density at radius 2 is 1.80 bits per heavy atom. The van der Waals surface area contributed by atoms with E-state index in [0.29, 0.717) is 0 Å². The number of carbonyl (C=O) groups is 1. The normalized spacial score (nSPS) is 15.7. The van der Waals surface area contributed by atoms with Crippen molar-refractivity contribution in [1.29, 1.82) is 0 Å². The van der Waals surface area contributed by atoms with Crippen molar-refractivity contribution >= 4 is 17.2 Å². The average molecular weight is 357 g/mol. The summed E-state index contributed by atoms with van der Waals surface area (Å²) in [5.41, 5.74) is 4.05. The number of aromatic nitrogens is 1. The van der Waals surface area contributed by atoms with Crippen LogP contribution in [0.25, 0.3) is 0 Å². The molecule has 0 aliphatic heterocycles. The molecule has 1 aliphatic rings.